The van der Waals surface area contributed by atoms with Gasteiger partial charge in [-0.15, -0.1) is 0 Å². The number of nitrogens with zero attached hydrogens (tertiary/aromatic N) is 3. The maximum Gasteiger partial charge on any atom is 0.222 e. The van der Waals surface area contributed by atoms with Gasteiger partial charge < -0.3 is 20.4 Å². The number of likely N-dealkylation sites (N-methyl/N-ethyl adjacent to an activating group) is 1. The van der Waals surface area contributed by atoms with Crippen LogP contribution in [0, 0.1) is 11.6 Å². The SMILES string of the molecule is CCNC(=NCC(c1c(F)cccc1F)N(C)C)NCCCN1CCCC1=O. The summed E-state index contributed by atoms with van der Waals surface area (Å²) >= 11 is 0. The highest BCUT2D eigenvalue weighted by Gasteiger charge is 2.22. The molecule has 0 radical (unpaired) electrons. The second-order valence-electron chi connectivity index (χ2n) is 7.10. The van der Waals surface area contributed by atoms with Crippen molar-refractivity contribution >= 4 is 11.9 Å². The summed E-state index contributed by atoms with van der Waals surface area (Å²) in [7, 11) is 3.55. The first-order valence-electron chi connectivity index (χ1n) is 9.84. The summed E-state index contributed by atoms with van der Waals surface area (Å²) in [5, 5.41) is 6.38. The summed E-state index contributed by atoms with van der Waals surface area (Å²) in [5.74, 6) is -0.315. The molecule has 0 bridgehead atoms. The standard InChI is InChI=1S/C20H31F2N5O/c1-4-23-20(24-11-7-13-27-12-6-10-18(27)28)25-14-17(26(2)3)19-15(21)8-5-9-16(19)22/h5,8-9,17H,4,6-7,10-14H2,1-3H3,(H2,23,24,25). The van der Waals surface area contributed by atoms with E-state index in [1.54, 1.807) is 19.0 Å². The summed E-state index contributed by atoms with van der Waals surface area (Å²) in [6, 6.07) is 3.38. The zero-order chi connectivity index (χ0) is 20.5. The molecule has 2 rings (SSSR count). The van der Waals surface area contributed by atoms with Crippen molar-refractivity contribution in [1.29, 1.82) is 0 Å². The number of halogens is 2. The Morgan fingerprint density at radius 2 is 2.00 bits per heavy atom. The molecule has 1 aromatic rings. The summed E-state index contributed by atoms with van der Waals surface area (Å²) in [6.45, 7) is 5.08. The Bertz CT molecular complexity index is 660. The first kappa shape index (κ1) is 22.1. The molecule has 6 nitrogen and oxygen atoms in total. The van der Waals surface area contributed by atoms with Gasteiger partial charge in [0.2, 0.25) is 5.91 Å². The van der Waals surface area contributed by atoms with Crippen LogP contribution in [0.4, 0.5) is 8.78 Å². The van der Waals surface area contributed by atoms with Crippen molar-refractivity contribution in [2.24, 2.45) is 4.99 Å². The third-order valence-corrected chi connectivity index (χ3v) is 4.79. The third-order valence-electron chi connectivity index (χ3n) is 4.79. The van der Waals surface area contributed by atoms with E-state index >= 15 is 0 Å². The van der Waals surface area contributed by atoms with Crippen LogP contribution in [0.3, 0.4) is 0 Å². The average Bonchev–Trinajstić information content (AvgIpc) is 3.05. The van der Waals surface area contributed by atoms with Gasteiger partial charge in [-0.05, 0) is 46.0 Å². The summed E-state index contributed by atoms with van der Waals surface area (Å²) in [4.78, 5) is 19.8. The number of aliphatic imine (C=N–C) groups is 1. The number of rotatable bonds is 9. The molecule has 156 valence electrons. The number of guanidine groups is 1. The monoisotopic (exact) mass is 395 g/mol. The van der Waals surface area contributed by atoms with Gasteiger partial charge in [-0.25, -0.2) is 8.78 Å². The molecular formula is C20H31F2N5O. The molecule has 8 heteroatoms. The van der Waals surface area contributed by atoms with Crippen molar-refractivity contribution in [3.8, 4) is 0 Å². The Balaban J connectivity index is 1.96. The molecule has 0 saturated carbocycles. The Labute approximate surface area is 166 Å². The number of hydrogen-bond acceptors (Lipinski definition) is 3. The summed E-state index contributed by atoms with van der Waals surface area (Å²) in [5.41, 5.74) is 0.0274. The van der Waals surface area contributed by atoms with E-state index in [9.17, 15) is 13.6 Å². The van der Waals surface area contributed by atoms with Crippen LogP contribution in [0.2, 0.25) is 0 Å². The van der Waals surface area contributed by atoms with Crippen LogP contribution in [-0.4, -0.2) is 68.5 Å². The van der Waals surface area contributed by atoms with E-state index < -0.39 is 17.7 Å². The van der Waals surface area contributed by atoms with Gasteiger partial charge in [-0.3, -0.25) is 9.79 Å². The van der Waals surface area contributed by atoms with Crippen LogP contribution in [0.25, 0.3) is 0 Å². The van der Waals surface area contributed by atoms with Gasteiger partial charge in [0.15, 0.2) is 5.96 Å². The number of carbonyl (C=O) groups is 1. The fourth-order valence-electron chi connectivity index (χ4n) is 3.28. The topological polar surface area (TPSA) is 60.0 Å². The van der Waals surface area contributed by atoms with E-state index in [0.29, 0.717) is 25.5 Å². The van der Waals surface area contributed by atoms with Gasteiger partial charge in [0.1, 0.15) is 11.6 Å². The lowest BCUT2D eigenvalue weighted by Gasteiger charge is -2.24. The molecule has 1 fully saturated rings. The number of likely N-dealkylation sites (tertiary alicyclic amines) is 1. The molecule has 1 aliphatic heterocycles. The minimum absolute atomic E-state index is 0.0274. The van der Waals surface area contributed by atoms with Crippen LogP contribution >= 0.6 is 0 Å². The number of benzene rings is 1. The fourth-order valence-corrected chi connectivity index (χ4v) is 3.28. The van der Waals surface area contributed by atoms with E-state index in [1.807, 2.05) is 11.8 Å². The molecule has 2 N–H and O–H groups in total. The number of nitrogens with one attached hydrogen (secondary N) is 2. The maximum atomic E-state index is 14.2. The second-order valence-corrected chi connectivity index (χ2v) is 7.10. The van der Waals surface area contributed by atoms with E-state index in [1.165, 1.54) is 18.2 Å². The highest BCUT2D eigenvalue weighted by molar-refractivity contribution is 5.80. The number of carbonyl (C=O) groups excluding carboxylic acids is 1. The molecule has 1 amide bonds. The average molecular weight is 395 g/mol. The molecule has 0 spiro atoms. The van der Waals surface area contributed by atoms with E-state index in [-0.39, 0.29) is 18.0 Å². The van der Waals surface area contributed by atoms with Crippen molar-refractivity contribution in [2.75, 3.05) is 46.8 Å². The van der Waals surface area contributed by atoms with E-state index in [0.717, 1.165) is 25.9 Å². The van der Waals surface area contributed by atoms with Crippen LogP contribution in [0.15, 0.2) is 23.2 Å². The molecule has 1 atom stereocenters. The highest BCUT2D eigenvalue weighted by atomic mass is 19.1. The van der Waals surface area contributed by atoms with Crippen LogP contribution in [0.5, 0.6) is 0 Å². The lowest BCUT2D eigenvalue weighted by molar-refractivity contribution is -0.127. The van der Waals surface area contributed by atoms with Gasteiger partial charge >= 0.3 is 0 Å². The number of hydrogen-bond donors (Lipinski definition) is 2. The normalized spacial score (nSPS) is 16.0. The van der Waals surface area contributed by atoms with Crippen molar-refractivity contribution in [1.82, 2.24) is 20.4 Å². The highest BCUT2D eigenvalue weighted by Crippen LogP contribution is 2.24. The smallest absolute Gasteiger partial charge is 0.222 e. The first-order valence-corrected chi connectivity index (χ1v) is 9.84. The molecule has 1 aliphatic rings. The van der Waals surface area contributed by atoms with E-state index in [4.69, 9.17) is 0 Å². The van der Waals surface area contributed by atoms with Crippen LogP contribution in [0.1, 0.15) is 37.8 Å². The van der Waals surface area contributed by atoms with Gasteiger partial charge in [0.25, 0.3) is 0 Å². The lowest BCUT2D eigenvalue weighted by Crippen LogP contribution is -2.39. The Morgan fingerprint density at radius 1 is 1.29 bits per heavy atom. The largest absolute Gasteiger partial charge is 0.357 e. The van der Waals surface area contributed by atoms with Crippen molar-refractivity contribution in [3.05, 3.63) is 35.4 Å². The number of amides is 1. The molecule has 1 aromatic carbocycles. The molecule has 0 aliphatic carbocycles. The zero-order valence-electron chi connectivity index (χ0n) is 17.0. The van der Waals surface area contributed by atoms with Gasteiger partial charge in [0.05, 0.1) is 12.6 Å². The van der Waals surface area contributed by atoms with Crippen LogP contribution < -0.4 is 10.6 Å². The molecule has 1 heterocycles. The molecular weight excluding hydrogens is 364 g/mol. The lowest BCUT2D eigenvalue weighted by atomic mass is 10.0. The van der Waals surface area contributed by atoms with Crippen molar-refractivity contribution < 1.29 is 13.6 Å². The minimum Gasteiger partial charge on any atom is -0.357 e. The minimum atomic E-state index is -0.567. The first-order chi connectivity index (χ1) is 13.4. The van der Waals surface area contributed by atoms with Crippen molar-refractivity contribution in [3.63, 3.8) is 0 Å². The molecule has 1 saturated heterocycles. The fraction of sp³-hybridized carbons (Fsp3) is 0.600. The van der Waals surface area contributed by atoms with Gasteiger partial charge in [-0.2, -0.15) is 0 Å². The predicted octanol–water partition coefficient (Wildman–Crippen LogP) is 2.14. The molecule has 28 heavy (non-hydrogen) atoms. The Kier molecular flexibility index (Phi) is 8.63. The predicted molar refractivity (Wildman–Crippen MR) is 107 cm³/mol. The zero-order valence-corrected chi connectivity index (χ0v) is 17.0. The van der Waals surface area contributed by atoms with E-state index in [2.05, 4.69) is 15.6 Å². The Morgan fingerprint density at radius 3 is 2.57 bits per heavy atom. The molecule has 1 unspecified atom stereocenters. The second kappa shape index (κ2) is 10.9. The summed E-state index contributed by atoms with van der Waals surface area (Å²) in [6.07, 6.45) is 2.40. The van der Waals surface area contributed by atoms with Gasteiger partial charge in [-0.1, -0.05) is 6.07 Å². The maximum absolute atomic E-state index is 14.2. The third kappa shape index (κ3) is 6.15. The van der Waals surface area contributed by atoms with Gasteiger partial charge in [0, 0.05) is 38.2 Å². The molecule has 0 aromatic heterocycles. The summed E-state index contributed by atoms with van der Waals surface area (Å²) < 4.78 is 28.4. The van der Waals surface area contributed by atoms with Crippen LogP contribution in [-0.2, 0) is 4.79 Å². The van der Waals surface area contributed by atoms with Crippen molar-refractivity contribution in [2.45, 2.75) is 32.2 Å². The quantitative estimate of drug-likeness (QED) is 0.382. The Hall–Kier alpha value is -2.22.